The van der Waals surface area contributed by atoms with Gasteiger partial charge in [0.25, 0.3) is 0 Å². The highest BCUT2D eigenvalue weighted by atomic mass is 16.5. The number of ether oxygens (including phenoxy) is 2. The Hall–Kier alpha value is -2.77. The molecule has 0 heterocycles. The van der Waals surface area contributed by atoms with Crippen LogP contribution >= 0.6 is 0 Å². The molecule has 2 rings (SSSR count). The summed E-state index contributed by atoms with van der Waals surface area (Å²) < 4.78 is 10.3. The molecule has 112 valence electrons. The van der Waals surface area contributed by atoms with E-state index in [9.17, 15) is 10.4 Å². The minimum atomic E-state index is -0.316. The Kier molecular flexibility index (Phi) is 5.18. The molecule has 0 aromatic heterocycles. The third-order valence-electron chi connectivity index (χ3n) is 3.35. The molecule has 0 fully saturated rings. The van der Waals surface area contributed by atoms with Crippen LogP contribution in [-0.4, -0.2) is 25.9 Å². The second-order valence-corrected chi connectivity index (χ2v) is 4.58. The lowest BCUT2D eigenvalue weighted by molar-refractivity contribution is 0.336. The van der Waals surface area contributed by atoms with E-state index in [1.54, 1.807) is 14.2 Å². The first-order valence-corrected chi connectivity index (χ1v) is 6.76. The van der Waals surface area contributed by atoms with E-state index in [-0.39, 0.29) is 6.61 Å². The fraction of sp³-hybridized carbons (Fsp3) is 0.167. The van der Waals surface area contributed by atoms with Gasteiger partial charge in [-0.25, -0.2) is 0 Å². The predicted molar refractivity (Wildman–Crippen MR) is 84.7 cm³/mol. The Bertz CT molecular complexity index is 645. The predicted octanol–water partition coefficient (Wildman–Crippen LogP) is 3.02. The first-order valence-electron chi connectivity index (χ1n) is 6.76. The van der Waals surface area contributed by atoms with Crippen molar-refractivity contribution < 1.29 is 14.6 Å². The van der Waals surface area contributed by atoms with Crippen LogP contribution in [0.2, 0.25) is 0 Å². The molecule has 4 nitrogen and oxygen atoms in total. The molecule has 0 atom stereocenters. The topological polar surface area (TPSA) is 62.5 Å². The summed E-state index contributed by atoms with van der Waals surface area (Å²) in [6, 6.07) is 16.8. The average Bonchev–Trinajstić information content (AvgIpc) is 2.60. The second-order valence-electron chi connectivity index (χ2n) is 4.58. The van der Waals surface area contributed by atoms with Gasteiger partial charge < -0.3 is 14.6 Å². The number of benzene rings is 2. The summed E-state index contributed by atoms with van der Waals surface area (Å²) in [4.78, 5) is 0. The quantitative estimate of drug-likeness (QED) is 0.861. The standard InChI is InChI=1S/C18H17NO3/c1-21-16-7-3-13(4-8-16)18(15(11-19)12-20)14-5-9-17(22-2)10-6-14/h3-10,20H,12H2,1-2H3. The zero-order valence-corrected chi connectivity index (χ0v) is 12.5. The van der Waals surface area contributed by atoms with E-state index in [0.717, 1.165) is 22.6 Å². The van der Waals surface area contributed by atoms with Crippen molar-refractivity contribution in [2.24, 2.45) is 0 Å². The molecule has 4 heteroatoms. The van der Waals surface area contributed by atoms with Gasteiger partial charge >= 0.3 is 0 Å². The Morgan fingerprint density at radius 2 is 1.32 bits per heavy atom. The minimum Gasteiger partial charge on any atom is -0.497 e. The Balaban J connectivity index is 2.55. The van der Waals surface area contributed by atoms with Crippen LogP contribution in [0.4, 0.5) is 0 Å². The lowest BCUT2D eigenvalue weighted by Crippen LogP contribution is -1.98. The van der Waals surface area contributed by atoms with Crippen LogP contribution in [0.1, 0.15) is 11.1 Å². The van der Waals surface area contributed by atoms with E-state index in [4.69, 9.17) is 9.47 Å². The number of aliphatic hydroxyl groups excluding tert-OH is 1. The molecule has 0 saturated carbocycles. The van der Waals surface area contributed by atoms with Crippen LogP contribution in [-0.2, 0) is 0 Å². The smallest absolute Gasteiger partial charge is 0.118 e. The first kappa shape index (κ1) is 15.6. The summed E-state index contributed by atoms with van der Waals surface area (Å²) in [6.07, 6.45) is 0. The Labute approximate surface area is 129 Å². The lowest BCUT2D eigenvalue weighted by atomic mass is 9.93. The highest BCUT2D eigenvalue weighted by molar-refractivity contribution is 5.84. The van der Waals surface area contributed by atoms with Crippen molar-refractivity contribution in [2.45, 2.75) is 0 Å². The molecule has 0 spiro atoms. The largest absolute Gasteiger partial charge is 0.497 e. The van der Waals surface area contributed by atoms with E-state index in [1.165, 1.54) is 0 Å². The summed E-state index contributed by atoms with van der Waals surface area (Å²) in [7, 11) is 3.20. The van der Waals surface area contributed by atoms with Crippen molar-refractivity contribution in [2.75, 3.05) is 20.8 Å². The van der Waals surface area contributed by atoms with Crippen molar-refractivity contribution >= 4 is 5.57 Å². The van der Waals surface area contributed by atoms with Crippen molar-refractivity contribution in [1.29, 1.82) is 5.26 Å². The van der Waals surface area contributed by atoms with E-state index < -0.39 is 0 Å². The van der Waals surface area contributed by atoms with Gasteiger partial charge in [0.1, 0.15) is 11.5 Å². The zero-order valence-electron chi connectivity index (χ0n) is 12.5. The van der Waals surface area contributed by atoms with E-state index in [0.29, 0.717) is 11.1 Å². The number of aliphatic hydroxyl groups is 1. The lowest BCUT2D eigenvalue weighted by Gasteiger charge is -2.12. The number of hydrogen-bond acceptors (Lipinski definition) is 4. The minimum absolute atomic E-state index is 0.315. The molecule has 0 bridgehead atoms. The monoisotopic (exact) mass is 295 g/mol. The molecular formula is C18H17NO3. The number of nitriles is 1. The van der Waals surface area contributed by atoms with Gasteiger partial charge in [0.2, 0.25) is 0 Å². The highest BCUT2D eigenvalue weighted by Crippen LogP contribution is 2.29. The van der Waals surface area contributed by atoms with Gasteiger partial charge in [-0.1, -0.05) is 24.3 Å². The Morgan fingerprint density at radius 1 is 0.909 bits per heavy atom. The number of hydrogen-bond donors (Lipinski definition) is 1. The maximum atomic E-state index is 9.49. The van der Waals surface area contributed by atoms with Crippen LogP contribution in [0, 0.1) is 11.3 Å². The summed E-state index contributed by atoms with van der Waals surface area (Å²) in [6.45, 7) is -0.316. The van der Waals surface area contributed by atoms with E-state index in [1.807, 2.05) is 48.5 Å². The van der Waals surface area contributed by atoms with Crippen LogP contribution < -0.4 is 9.47 Å². The van der Waals surface area contributed by atoms with Gasteiger partial charge in [-0.3, -0.25) is 0 Å². The maximum Gasteiger partial charge on any atom is 0.118 e. The average molecular weight is 295 g/mol. The molecule has 0 amide bonds. The third-order valence-corrected chi connectivity index (χ3v) is 3.35. The number of rotatable bonds is 5. The molecule has 1 N–H and O–H groups in total. The molecule has 0 aliphatic rings. The van der Waals surface area contributed by atoms with Gasteiger partial charge in [0.05, 0.1) is 32.5 Å². The van der Waals surface area contributed by atoms with E-state index in [2.05, 4.69) is 6.07 Å². The van der Waals surface area contributed by atoms with Gasteiger partial charge in [0, 0.05) is 5.57 Å². The van der Waals surface area contributed by atoms with Crippen LogP contribution in [0.15, 0.2) is 54.1 Å². The second kappa shape index (κ2) is 7.30. The molecule has 22 heavy (non-hydrogen) atoms. The summed E-state index contributed by atoms with van der Waals surface area (Å²) >= 11 is 0. The normalized spacial score (nSPS) is 9.73. The molecule has 0 unspecified atom stereocenters. The molecular weight excluding hydrogens is 278 g/mol. The number of methoxy groups -OCH3 is 2. The van der Waals surface area contributed by atoms with Gasteiger partial charge in [-0.15, -0.1) is 0 Å². The van der Waals surface area contributed by atoms with Crippen LogP contribution in [0.3, 0.4) is 0 Å². The molecule has 0 radical (unpaired) electrons. The first-order chi connectivity index (χ1) is 10.7. The summed E-state index contributed by atoms with van der Waals surface area (Å²) in [5, 5.41) is 18.8. The maximum absolute atomic E-state index is 9.49. The van der Waals surface area contributed by atoms with Crippen molar-refractivity contribution in [1.82, 2.24) is 0 Å². The summed E-state index contributed by atoms with van der Waals surface area (Å²) in [5.41, 5.74) is 2.71. The van der Waals surface area contributed by atoms with Gasteiger partial charge in [-0.05, 0) is 35.4 Å². The van der Waals surface area contributed by atoms with Gasteiger partial charge in [-0.2, -0.15) is 5.26 Å². The molecule has 0 saturated heterocycles. The number of nitrogens with zero attached hydrogens (tertiary/aromatic N) is 1. The molecule has 2 aromatic rings. The molecule has 2 aromatic carbocycles. The molecule has 0 aliphatic heterocycles. The van der Waals surface area contributed by atoms with Crippen molar-refractivity contribution in [3.05, 3.63) is 65.2 Å². The zero-order chi connectivity index (χ0) is 15.9. The van der Waals surface area contributed by atoms with Crippen molar-refractivity contribution in [3.8, 4) is 17.6 Å². The van der Waals surface area contributed by atoms with Crippen molar-refractivity contribution in [3.63, 3.8) is 0 Å². The fourth-order valence-corrected chi connectivity index (χ4v) is 2.20. The Morgan fingerprint density at radius 3 is 1.59 bits per heavy atom. The third kappa shape index (κ3) is 3.27. The molecule has 0 aliphatic carbocycles. The van der Waals surface area contributed by atoms with E-state index >= 15 is 0 Å². The van der Waals surface area contributed by atoms with Crippen LogP contribution in [0.5, 0.6) is 11.5 Å². The highest BCUT2D eigenvalue weighted by Gasteiger charge is 2.12. The van der Waals surface area contributed by atoms with Crippen LogP contribution in [0.25, 0.3) is 5.57 Å². The fourth-order valence-electron chi connectivity index (χ4n) is 2.20. The van der Waals surface area contributed by atoms with Gasteiger partial charge in [0.15, 0.2) is 0 Å². The SMILES string of the molecule is COc1ccc(C(=C(C#N)CO)c2ccc(OC)cc2)cc1. The summed E-state index contributed by atoms with van der Waals surface area (Å²) in [5.74, 6) is 1.47.